The van der Waals surface area contributed by atoms with Gasteiger partial charge < -0.3 is 9.47 Å². The SMILES string of the molecule is COc1cc(OC)c2c(c1)C1(C)CC[C@H]3C(C)=CCC[C@]3(C)C1CC2. The Morgan fingerprint density at radius 3 is 2.56 bits per heavy atom. The van der Waals surface area contributed by atoms with Gasteiger partial charge in [-0.25, -0.2) is 0 Å². The Bertz CT molecular complexity index is 719. The van der Waals surface area contributed by atoms with Gasteiger partial charge in [-0.15, -0.1) is 0 Å². The van der Waals surface area contributed by atoms with Crippen molar-refractivity contribution in [2.24, 2.45) is 17.3 Å². The lowest BCUT2D eigenvalue weighted by Crippen LogP contribution is -2.54. The summed E-state index contributed by atoms with van der Waals surface area (Å²) in [5, 5.41) is 0. The van der Waals surface area contributed by atoms with E-state index in [2.05, 4.69) is 39.0 Å². The van der Waals surface area contributed by atoms with Gasteiger partial charge in [-0.2, -0.15) is 0 Å². The minimum absolute atomic E-state index is 0.234. The predicted molar refractivity (Wildman–Crippen MR) is 103 cm³/mol. The molecule has 2 unspecified atom stereocenters. The zero-order valence-corrected chi connectivity index (χ0v) is 16.4. The topological polar surface area (TPSA) is 18.5 Å². The van der Waals surface area contributed by atoms with E-state index >= 15 is 0 Å². The maximum Gasteiger partial charge on any atom is 0.126 e. The molecule has 136 valence electrons. The van der Waals surface area contributed by atoms with Crippen LogP contribution in [0.3, 0.4) is 0 Å². The van der Waals surface area contributed by atoms with Crippen LogP contribution >= 0.6 is 0 Å². The van der Waals surface area contributed by atoms with Crippen molar-refractivity contribution in [1.82, 2.24) is 0 Å². The smallest absolute Gasteiger partial charge is 0.126 e. The van der Waals surface area contributed by atoms with E-state index in [-0.39, 0.29) is 5.41 Å². The van der Waals surface area contributed by atoms with Crippen LogP contribution < -0.4 is 9.47 Å². The highest BCUT2D eigenvalue weighted by molar-refractivity contribution is 5.52. The van der Waals surface area contributed by atoms with Crippen molar-refractivity contribution in [2.75, 3.05) is 14.2 Å². The van der Waals surface area contributed by atoms with Crippen LogP contribution in [0.2, 0.25) is 0 Å². The molecule has 25 heavy (non-hydrogen) atoms. The Hall–Kier alpha value is -1.44. The average Bonchev–Trinajstić information content (AvgIpc) is 2.60. The van der Waals surface area contributed by atoms with Crippen LogP contribution in [0.15, 0.2) is 23.8 Å². The van der Waals surface area contributed by atoms with Crippen LogP contribution in [0.1, 0.15) is 64.0 Å². The maximum atomic E-state index is 5.74. The summed E-state index contributed by atoms with van der Waals surface area (Å²) in [5.41, 5.74) is 5.22. The Labute approximate surface area is 152 Å². The molecule has 3 aliphatic carbocycles. The first kappa shape index (κ1) is 17.0. The van der Waals surface area contributed by atoms with Gasteiger partial charge in [-0.05, 0) is 85.3 Å². The van der Waals surface area contributed by atoms with E-state index in [1.54, 1.807) is 19.8 Å². The van der Waals surface area contributed by atoms with Crippen molar-refractivity contribution >= 4 is 0 Å². The van der Waals surface area contributed by atoms with Gasteiger partial charge in [0.1, 0.15) is 11.5 Å². The van der Waals surface area contributed by atoms with Gasteiger partial charge in [0.05, 0.1) is 14.2 Å². The Balaban J connectivity index is 1.84. The van der Waals surface area contributed by atoms with Crippen molar-refractivity contribution in [3.63, 3.8) is 0 Å². The van der Waals surface area contributed by atoms with Crippen molar-refractivity contribution < 1.29 is 9.47 Å². The van der Waals surface area contributed by atoms with Crippen LogP contribution in [0.4, 0.5) is 0 Å². The summed E-state index contributed by atoms with van der Waals surface area (Å²) in [7, 11) is 3.55. The molecule has 0 saturated heterocycles. The molecule has 1 aromatic carbocycles. The molecule has 2 nitrogen and oxygen atoms in total. The zero-order chi connectivity index (χ0) is 17.8. The van der Waals surface area contributed by atoms with Crippen LogP contribution in [0, 0.1) is 17.3 Å². The number of hydrogen-bond acceptors (Lipinski definition) is 2. The summed E-state index contributed by atoms with van der Waals surface area (Å²) >= 11 is 0. The van der Waals surface area contributed by atoms with Gasteiger partial charge in [-0.1, -0.05) is 25.5 Å². The highest BCUT2D eigenvalue weighted by Crippen LogP contribution is 2.64. The molecule has 1 aromatic rings. The van der Waals surface area contributed by atoms with Crippen molar-refractivity contribution in [1.29, 1.82) is 0 Å². The largest absolute Gasteiger partial charge is 0.497 e. The summed E-state index contributed by atoms with van der Waals surface area (Å²) in [6, 6.07) is 4.36. The highest BCUT2D eigenvalue weighted by Gasteiger charge is 2.56. The fourth-order valence-electron chi connectivity index (χ4n) is 6.71. The minimum Gasteiger partial charge on any atom is -0.497 e. The summed E-state index contributed by atoms with van der Waals surface area (Å²) in [6.07, 6.45) is 10.1. The second-order valence-electron chi connectivity index (χ2n) is 8.95. The molecule has 0 heterocycles. The summed E-state index contributed by atoms with van der Waals surface area (Å²) in [4.78, 5) is 0. The summed E-state index contributed by atoms with van der Waals surface area (Å²) in [5.74, 6) is 3.46. The second-order valence-corrected chi connectivity index (χ2v) is 8.95. The molecule has 1 saturated carbocycles. The van der Waals surface area contributed by atoms with E-state index in [4.69, 9.17) is 9.47 Å². The first-order valence-electron chi connectivity index (χ1n) is 9.86. The summed E-state index contributed by atoms with van der Waals surface area (Å²) < 4.78 is 11.3. The summed E-state index contributed by atoms with van der Waals surface area (Å²) in [6.45, 7) is 7.47. The zero-order valence-electron chi connectivity index (χ0n) is 16.4. The molecule has 1 fully saturated rings. The second kappa shape index (κ2) is 5.79. The van der Waals surface area contributed by atoms with Gasteiger partial charge >= 0.3 is 0 Å². The quantitative estimate of drug-likeness (QED) is 0.645. The Kier molecular flexibility index (Phi) is 3.94. The molecule has 4 atom stereocenters. The number of hydrogen-bond donors (Lipinski definition) is 0. The van der Waals surface area contributed by atoms with E-state index in [1.165, 1.54) is 43.2 Å². The molecular formula is C23H32O2. The number of ether oxygens (including phenoxy) is 2. The van der Waals surface area contributed by atoms with Gasteiger partial charge in [0.15, 0.2) is 0 Å². The van der Waals surface area contributed by atoms with Crippen LogP contribution in [0.25, 0.3) is 0 Å². The maximum absolute atomic E-state index is 5.74. The van der Waals surface area contributed by atoms with Gasteiger partial charge in [0.2, 0.25) is 0 Å². The molecule has 3 aliphatic rings. The lowest BCUT2D eigenvalue weighted by Gasteiger charge is -2.60. The van der Waals surface area contributed by atoms with Gasteiger partial charge in [0.25, 0.3) is 0 Å². The van der Waals surface area contributed by atoms with Gasteiger partial charge in [0, 0.05) is 6.07 Å². The molecule has 0 radical (unpaired) electrons. The van der Waals surface area contributed by atoms with Crippen molar-refractivity contribution in [2.45, 2.75) is 64.7 Å². The third-order valence-electron chi connectivity index (χ3n) is 7.95. The third kappa shape index (κ3) is 2.29. The van der Waals surface area contributed by atoms with E-state index in [0.29, 0.717) is 5.41 Å². The van der Waals surface area contributed by atoms with E-state index < -0.39 is 0 Å². The van der Waals surface area contributed by atoms with E-state index in [1.807, 2.05) is 0 Å². The number of rotatable bonds is 2. The molecule has 2 heteroatoms. The monoisotopic (exact) mass is 340 g/mol. The Morgan fingerprint density at radius 1 is 1.04 bits per heavy atom. The standard InChI is InChI=1S/C23H32O2/c1-15-7-6-11-22(2)18(15)10-12-23(3)19-13-16(24-4)14-20(25-5)17(19)8-9-21(22)23/h7,13-14,18,21H,6,8-12H2,1-5H3/t18-,21?,22-,23?/m0/s1. The Morgan fingerprint density at radius 2 is 1.84 bits per heavy atom. The molecule has 0 aromatic heterocycles. The number of methoxy groups -OCH3 is 2. The molecule has 4 rings (SSSR count). The molecule has 0 N–H and O–H groups in total. The average molecular weight is 341 g/mol. The van der Waals surface area contributed by atoms with Crippen LogP contribution in [-0.4, -0.2) is 14.2 Å². The number of benzene rings is 1. The molecule has 0 bridgehead atoms. The fraction of sp³-hybridized carbons (Fsp3) is 0.652. The van der Waals surface area contributed by atoms with Crippen molar-refractivity contribution in [3.8, 4) is 11.5 Å². The lowest BCUT2D eigenvalue weighted by atomic mass is 9.44. The van der Waals surface area contributed by atoms with Gasteiger partial charge in [-0.3, -0.25) is 0 Å². The fourth-order valence-corrected chi connectivity index (χ4v) is 6.71. The first-order valence-corrected chi connectivity index (χ1v) is 9.86. The number of fused-ring (bicyclic) bond motifs is 5. The predicted octanol–water partition coefficient (Wildman–Crippen LogP) is 5.68. The minimum atomic E-state index is 0.234. The first-order chi connectivity index (χ1) is 11.9. The van der Waals surface area contributed by atoms with E-state index in [9.17, 15) is 0 Å². The molecular weight excluding hydrogens is 308 g/mol. The molecule has 0 amide bonds. The van der Waals surface area contributed by atoms with Crippen LogP contribution in [0.5, 0.6) is 11.5 Å². The van der Waals surface area contributed by atoms with Crippen molar-refractivity contribution in [3.05, 3.63) is 34.9 Å². The lowest BCUT2D eigenvalue weighted by molar-refractivity contribution is -0.0243. The molecule has 0 aliphatic heterocycles. The van der Waals surface area contributed by atoms with E-state index in [0.717, 1.165) is 29.8 Å². The number of allylic oxidation sites excluding steroid dienone is 2. The van der Waals surface area contributed by atoms with Crippen LogP contribution in [-0.2, 0) is 11.8 Å². The third-order valence-corrected chi connectivity index (χ3v) is 7.95. The normalized spacial score (nSPS) is 36.6. The molecule has 0 spiro atoms. The highest BCUT2D eigenvalue weighted by atomic mass is 16.5.